The number of carbonyl (C=O) groups excluding carboxylic acids is 2. The molecule has 0 radical (unpaired) electrons. The maximum atomic E-state index is 11.8. The highest BCUT2D eigenvalue weighted by atomic mass is 16.6. The van der Waals surface area contributed by atoms with Crippen molar-refractivity contribution < 1.29 is 14.3 Å². The summed E-state index contributed by atoms with van der Waals surface area (Å²) in [4.78, 5) is 24.1. The fourth-order valence-electron chi connectivity index (χ4n) is 2.42. The Morgan fingerprint density at radius 2 is 1.84 bits per heavy atom. The van der Waals surface area contributed by atoms with Crippen molar-refractivity contribution >= 4 is 12.4 Å². The summed E-state index contributed by atoms with van der Waals surface area (Å²) < 4.78 is 5.31. The Morgan fingerprint density at radius 3 is 2.32 bits per heavy atom. The zero-order chi connectivity index (χ0) is 14.5. The highest BCUT2D eigenvalue weighted by Crippen LogP contribution is 2.29. The van der Waals surface area contributed by atoms with E-state index in [2.05, 4.69) is 0 Å². The molecule has 1 aliphatic rings. The van der Waals surface area contributed by atoms with Crippen LogP contribution in [0.3, 0.4) is 0 Å². The normalized spacial score (nSPS) is 23.8. The average Bonchev–Trinajstić information content (AvgIpc) is 2.34. The van der Waals surface area contributed by atoms with E-state index < -0.39 is 5.60 Å². The first-order valence-corrected chi connectivity index (χ1v) is 7.21. The summed E-state index contributed by atoms with van der Waals surface area (Å²) in [5.41, 5.74) is -0.437. The molecule has 0 bridgehead atoms. The molecule has 1 fully saturated rings. The van der Waals surface area contributed by atoms with E-state index in [0.717, 1.165) is 44.9 Å². The zero-order valence-corrected chi connectivity index (χ0v) is 12.6. The minimum Gasteiger partial charge on any atom is -0.444 e. The van der Waals surface area contributed by atoms with Crippen molar-refractivity contribution in [3.8, 4) is 0 Å². The molecule has 0 aromatic heterocycles. The monoisotopic (exact) mass is 269 g/mol. The fourth-order valence-corrected chi connectivity index (χ4v) is 2.42. The van der Waals surface area contributed by atoms with E-state index >= 15 is 0 Å². The number of nitrogens with zero attached hydrogens (tertiary/aromatic N) is 1. The van der Waals surface area contributed by atoms with Crippen molar-refractivity contribution in [3.63, 3.8) is 0 Å². The lowest BCUT2D eigenvalue weighted by molar-refractivity contribution is -0.112. The van der Waals surface area contributed by atoms with Gasteiger partial charge in [-0.2, -0.15) is 0 Å². The van der Waals surface area contributed by atoms with E-state index in [-0.39, 0.29) is 12.0 Å². The quantitative estimate of drug-likeness (QED) is 0.736. The van der Waals surface area contributed by atoms with Crippen LogP contribution in [-0.2, 0) is 9.53 Å². The Kier molecular flexibility index (Phi) is 5.83. The molecule has 0 N–H and O–H groups in total. The van der Waals surface area contributed by atoms with Crippen molar-refractivity contribution in [1.29, 1.82) is 0 Å². The lowest BCUT2D eigenvalue weighted by atomic mass is 9.81. The Labute approximate surface area is 116 Å². The van der Waals surface area contributed by atoms with E-state index in [1.165, 1.54) is 0 Å². The van der Waals surface area contributed by atoms with Gasteiger partial charge >= 0.3 is 6.09 Å². The Hall–Kier alpha value is -1.06. The molecule has 0 atom stereocenters. The maximum Gasteiger partial charge on any atom is 0.410 e. The molecule has 0 spiro atoms. The molecule has 0 aromatic carbocycles. The Balaban J connectivity index is 2.25. The van der Waals surface area contributed by atoms with E-state index in [1.54, 1.807) is 11.9 Å². The first kappa shape index (κ1) is 16.0. The van der Waals surface area contributed by atoms with Gasteiger partial charge in [-0.05, 0) is 58.8 Å². The summed E-state index contributed by atoms with van der Waals surface area (Å²) in [6.07, 6.45) is 6.05. The third-order valence-corrected chi connectivity index (χ3v) is 3.66. The average molecular weight is 269 g/mol. The lowest BCUT2D eigenvalue weighted by Gasteiger charge is -2.28. The van der Waals surface area contributed by atoms with Gasteiger partial charge in [-0.3, -0.25) is 0 Å². The van der Waals surface area contributed by atoms with Gasteiger partial charge in [-0.1, -0.05) is 0 Å². The molecule has 0 aromatic rings. The van der Waals surface area contributed by atoms with Gasteiger partial charge in [0.25, 0.3) is 0 Å². The van der Waals surface area contributed by atoms with Crippen LogP contribution in [0.1, 0.15) is 52.9 Å². The van der Waals surface area contributed by atoms with Crippen LogP contribution >= 0.6 is 0 Å². The smallest absolute Gasteiger partial charge is 0.410 e. The predicted octanol–water partition coefficient (Wildman–Crippen LogP) is 3.25. The van der Waals surface area contributed by atoms with Gasteiger partial charge in [0, 0.05) is 19.5 Å². The Morgan fingerprint density at radius 1 is 1.26 bits per heavy atom. The largest absolute Gasteiger partial charge is 0.444 e. The maximum absolute atomic E-state index is 11.8. The summed E-state index contributed by atoms with van der Waals surface area (Å²) >= 11 is 0. The van der Waals surface area contributed by atoms with Gasteiger partial charge in [0.1, 0.15) is 11.9 Å². The second kappa shape index (κ2) is 6.92. The van der Waals surface area contributed by atoms with Crippen molar-refractivity contribution in [2.75, 3.05) is 13.6 Å². The van der Waals surface area contributed by atoms with Crippen molar-refractivity contribution in [2.24, 2.45) is 11.8 Å². The molecule has 0 saturated heterocycles. The number of hydrogen-bond acceptors (Lipinski definition) is 3. The Bertz CT molecular complexity index is 301. The topological polar surface area (TPSA) is 46.6 Å². The second-order valence-corrected chi connectivity index (χ2v) is 6.61. The van der Waals surface area contributed by atoms with Crippen LogP contribution in [0, 0.1) is 11.8 Å². The second-order valence-electron chi connectivity index (χ2n) is 6.61. The van der Waals surface area contributed by atoms with Gasteiger partial charge in [0.05, 0.1) is 0 Å². The van der Waals surface area contributed by atoms with E-state index in [9.17, 15) is 9.59 Å². The first-order valence-electron chi connectivity index (χ1n) is 7.21. The van der Waals surface area contributed by atoms with Gasteiger partial charge in [-0.15, -0.1) is 0 Å². The van der Waals surface area contributed by atoms with Crippen LogP contribution in [0.5, 0.6) is 0 Å². The summed E-state index contributed by atoms with van der Waals surface area (Å²) in [5.74, 6) is 0.904. The van der Waals surface area contributed by atoms with Crippen LogP contribution < -0.4 is 0 Å². The molecular weight excluding hydrogens is 242 g/mol. The SMILES string of the molecule is CN(CCC1CCC(C=O)CC1)C(=O)OC(C)(C)C. The van der Waals surface area contributed by atoms with Crippen LogP contribution in [0.2, 0.25) is 0 Å². The fraction of sp³-hybridized carbons (Fsp3) is 0.867. The molecule has 0 unspecified atom stereocenters. The molecule has 1 aliphatic carbocycles. The standard InChI is InChI=1S/C15H27NO3/c1-15(2,3)19-14(18)16(4)10-9-12-5-7-13(11-17)8-6-12/h11-13H,5-10H2,1-4H3. The van der Waals surface area contributed by atoms with Crippen molar-refractivity contribution in [1.82, 2.24) is 4.90 Å². The molecule has 1 saturated carbocycles. The summed E-state index contributed by atoms with van der Waals surface area (Å²) in [6.45, 7) is 6.35. The molecular formula is C15H27NO3. The first-order chi connectivity index (χ1) is 8.81. The van der Waals surface area contributed by atoms with Gasteiger partial charge < -0.3 is 14.4 Å². The molecule has 110 valence electrons. The van der Waals surface area contributed by atoms with E-state index in [4.69, 9.17) is 4.74 Å². The molecule has 0 heterocycles. The third-order valence-electron chi connectivity index (χ3n) is 3.66. The van der Waals surface area contributed by atoms with Gasteiger partial charge in [0.15, 0.2) is 0 Å². The van der Waals surface area contributed by atoms with Crippen LogP contribution in [-0.4, -0.2) is 36.5 Å². The number of hydrogen-bond donors (Lipinski definition) is 0. The van der Waals surface area contributed by atoms with E-state index in [0.29, 0.717) is 5.92 Å². The minimum absolute atomic E-state index is 0.255. The predicted molar refractivity (Wildman–Crippen MR) is 75.0 cm³/mol. The van der Waals surface area contributed by atoms with Crippen molar-refractivity contribution in [2.45, 2.75) is 58.5 Å². The highest BCUT2D eigenvalue weighted by Gasteiger charge is 2.23. The number of rotatable bonds is 4. The zero-order valence-electron chi connectivity index (χ0n) is 12.6. The molecule has 0 aliphatic heterocycles. The van der Waals surface area contributed by atoms with Crippen LogP contribution in [0.25, 0.3) is 0 Å². The molecule has 1 amide bonds. The van der Waals surface area contributed by atoms with Crippen LogP contribution in [0.4, 0.5) is 4.79 Å². The number of ether oxygens (including phenoxy) is 1. The number of amides is 1. The summed E-state index contributed by atoms with van der Waals surface area (Å²) in [6, 6.07) is 0. The highest BCUT2D eigenvalue weighted by molar-refractivity contribution is 5.67. The minimum atomic E-state index is -0.437. The summed E-state index contributed by atoms with van der Waals surface area (Å²) in [7, 11) is 1.78. The molecule has 1 rings (SSSR count). The van der Waals surface area contributed by atoms with E-state index in [1.807, 2.05) is 20.8 Å². The van der Waals surface area contributed by atoms with Crippen molar-refractivity contribution in [3.05, 3.63) is 0 Å². The van der Waals surface area contributed by atoms with Crippen LogP contribution in [0.15, 0.2) is 0 Å². The summed E-state index contributed by atoms with van der Waals surface area (Å²) in [5, 5.41) is 0. The lowest BCUT2D eigenvalue weighted by Crippen LogP contribution is -2.35. The molecule has 19 heavy (non-hydrogen) atoms. The third kappa shape index (κ3) is 6.08. The van der Waals surface area contributed by atoms with Gasteiger partial charge in [0.2, 0.25) is 0 Å². The number of aldehydes is 1. The molecule has 4 heteroatoms. The molecule has 4 nitrogen and oxygen atoms in total. The van der Waals surface area contributed by atoms with Gasteiger partial charge in [-0.25, -0.2) is 4.79 Å². The number of carbonyl (C=O) groups is 2.